The van der Waals surface area contributed by atoms with Gasteiger partial charge in [0, 0.05) is 6.54 Å². The van der Waals surface area contributed by atoms with Crippen molar-refractivity contribution in [1.82, 2.24) is 10.6 Å². The minimum Gasteiger partial charge on any atom is -0.359 e. The van der Waals surface area contributed by atoms with E-state index in [-0.39, 0.29) is 6.04 Å². The van der Waals surface area contributed by atoms with Gasteiger partial charge in [0.1, 0.15) is 0 Å². The number of hydrogen-bond donors (Lipinski definition) is 2. The monoisotopic (exact) mass is 270 g/mol. The van der Waals surface area contributed by atoms with Crippen LogP contribution in [0.3, 0.4) is 0 Å². The van der Waals surface area contributed by atoms with Crippen LogP contribution in [0.5, 0.6) is 0 Å². The summed E-state index contributed by atoms with van der Waals surface area (Å²) < 4.78 is 25.9. The molecule has 0 amide bonds. The Balaban J connectivity index is 2.59. The van der Waals surface area contributed by atoms with Crippen LogP contribution in [0, 0.1) is 11.6 Å². The molecule has 0 spiro atoms. The Kier molecular flexibility index (Phi) is 5.22. The lowest BCUT2D eigenvalue weighted by Gasteiger charge is -2.17. The van der Waals surface area contributed by atoms with Crippen LogP contribution in [0.4, 0.5) is 8.78 Å². The second-order valence-electron chi connectivity index (χ2n) is 4.18. The molecule has 0 aromatic heterocycles. The summed E-state index contributed by atoms with van der Waals surface area (Å²) in [6, 6.07) is 3.59. The maximum Gasteiger partial charge on any atom is 0.167 e. The summed E-state index contributed by atoms with van der Waals surface area (Å²) in [5.41, 5.74) is 1.59. The highest BCUT2D eigenvalue weighted by Gasteiger charge is 2.10. The molecular formula is C13H16F2N2S. The maximum absolute atomic E-state index is 13.1. The Morgan fingerprint density at radius 1 is 1.39 bits per heavy atom. The molecule has 18 heavy (non-hydrogen) atoms. The number of benzene rings is 1. The largest absolute Gasteiger partial charge is 0.359 e. The lowest BCUT2D eigenvalue weighted by molar-refractivity contribution is 0.505. The maximum atomic E-state index is 13.1. The summed E-state index contributed by atoms with van der Waals surface area (Å²) in [4.78, 5) is 0. The van der Waals surface area contributed by atoms with Gasteiger partial charge in [-0.15, -0.1) is 0 Å². The highest BCUT2D eigenvalue weighted by molar-refractivity contribution is 7.80. The van der Waals surface area contributed by atoms with Crippen molar-refractivity contribution in [1.29, 1.82) is 0 Å². The van der Waals surface area contributed by atoms with Gasteiger partial charge in [-0.25, -0.2) is 8.78 Å². The van der Waals surface area contributed by atoms with E-state index < -0.39 is 11.6 Å². The molecule has 2 nitrogen and oxygen atoms in total. The Morgan fingerprint density at radius 2 is 2.06 bits per heavy atom. The van der Waals surface area contributed by atoms with E-state index in [0.29, 0.717) is 17.2 Å². The third-order valence-electron chi connectivity index (χ3n) is 2.34. The van der Waals surface area contributed by atoms with E-state index in [1.165, 1.54) is 6.07 Å². The van der Waals surface area contributed by atoms with Crippen molar-refractivity contribution in [2.45, 2.75) is 19.9 Å². The zero-order valence-electron chi connectivity index (χ0n) is 10.4. The second-order valence-corrected chi connectivity index (χ2v) is 4.59. The van der Waals surface area contributed by atoms with Crippen LogP contribution in [0.25, 0.3) is 0 Å². The summed E-state index contributed by atoms with van der Waals surface area (Å²) in [7, 11) is 0. The van der Waals surface area contributed by atoms with Crippen molar-refractivity contribution >= 4 is 17.3 Å². The zero-order chi connectivity index (χ0) is 13.7. The van der Waals surface area contributed by atoms with Crippen molar-refractivity contribution in [3.05, 3.63) is 47.5 Å². The molecule has 0 heterocycles. The molecule has 1 aromatic carbocycles. The lowest BCUT2D eigenvalue weighted by atomic mass is 10.1. The first-order chi connectivity index (χ1) is 8.40. The molecule has 5 heteroatoms. The quantitative estimate of drug-likeness (QED) is 0.649. The number of thiocarbonyl (C=S) groups is 1. The molecule has 0 bridgehead atoms. The Labute approximate surface area is 111 Å². The summed E-state index contributed by atoms with van der Waals surface area (Å²) in [5, 5.41) is 6.40. The molecule has 0 radical (unpaired) electrons. The molecule has 0 saturated carbocycles. The van der Waals surface area contributed by atoms with E-state index in [1.807, 2.05) is 13.8 Å². The van der Waals surface area contributed by atoms with E-state index >= 15 is 0 Å². The summed E-state index contributed by atoms with van der Waals surface area (Å²) >= 11 is 5.08. The highest BCUT2D eigenvalue weighted by atomic mass is 32.1. The lowest BCUT2D eigenvalue weighted by Crippen LogP contribution is -2.37. The van der Waals surface area contributed by atoms with Crippen LogP contribution in [0.15, 0.2) is 30.4 Å². The third-order valence-corrected chi connectivity index (χ3v) is 2.60. The van der Waals surface area contributed by atoms with E-state index in [2.05, 4.69) is 17.2 Å². The minimum atomic E-state index is -0.859. The minimum absolute atomic E-state index is 0.203. The SMILES string of the molecule is C=C(C)CNC(=S)N[C@@H](C)c1ccc(F)c(F)c1. The van der Waals surface area contributed by atoms with Crippen molar-refractivity contribution in [3.8, 4) is 0 Å². The average Bonchev–Trinajstić information content (AvgIpc) is 2.30. The van der Waals surface area contributed by atoms with Gasteiger partial charge in [-0.05, 0) is 43.8 Å². The zero-order valence-corrected chi connectivity index (χ0v) is 11.2. The van der Waals surface area contributed by atoms with Gasteiger partial charge in [0.15, 0.2) is 16.7 Å². The molecule has 0 unspecified atom stereocenters. The van der Waals surface area contributed by atoms with Gasteiger partial charge in [-0.3, -0.25) is 0 Å². The fourth-order valence-electron chi connectivity index (χ4n) is 1.34. The predicted molar refractivity (Wildman–Crippen MR) is 73.3 cm³/mol. The average molecular weight is 270 g/mol. The van der Waals surface area contributed by atoms with Gasteiger partial charge in [0.05, 0.1) is 6.04 Å². The molecule has 0 aliphatic carbocycles. The van der Waals surface area contributed by atoms with Crippen LogP contribution in [0.2, 0.25) is 0 Å². The second kappa shape index (κ2) is 6.44. The molecule has 1 atom stereocenters. The number of halogens is 2. The van der Waals surface area contributed by atoms with Crippen LogP contribution in [-0.2, 0) is 0 Å². The first-order valence-corrected chi connectivity index (χ1v) is 5.94. The summed E-state index contributed by atoms with van der Waals surface area (Å²) in [5.74, 6) is -1.71. The highest BCUT2D eigenvalue weighted by Crippen LogP contribution is 2.15. The van der Waals surface area contributed by atoms with Crippen molar-refractivity contribution < 1.29 is 8.78 Å². The van der Waals surface area contributed by atoms with Crippen LogP contribution in [0.1, 0.15) is 25.5 Å². The fraction of sp³-hybridized carbons (Fsp3) is 0.308. The molecule has 98 valence electrons. The normalized spacial score (nSPS) is 11.8. The molecule has 1 aromatic rings. The molecule has 0 saturated heterocycles. The Morgan fingerprint density at radius 3 is 2.61 bits per heavy atom. The fourth-order valence-corrected chi connectivity index (χ4v) is 1.59. The Hall–Kier alpha value is -1.49. The predicted octanol–water partition coefficient (Wildman–Crippen LogP) is 3.07. The summed E-state index contributed by atoms with van der Waals surface area (Å²) in [6.45, 7) is 8.03. The molecule has 1 rings (SSSR count). The van der Waals surface area contributed by atoms with Crippen LogP contribution < -0.4 is 10.6 Å². The molecule has 0 aliphatic rings. The standard InChI is InChI=1S/C13H16F2N2S/c1-8(2)7-16-13(18)17-9(3)10-4-5-11(14)12(15)6-10/h4-6,9H,1,7H2,2-3H3,(H2,16,17,18)/t9-/m0/s1. The number of nitrogens with one attached hydrogen (secondary N) is 2. The van der Waals surface area contributed by atoms with Crippen LogP contribution >= 0.6 is 12.2 Å². The van der Waals surface area contributed by atoms with Gasteiger partial charge < -0.3 is 10.6 Å². The molecule has 0 aliphatic heterocycles. The van der Waals surface area contributed by atoms with Gasteiger partial charge >= 0.3 is 0 Å². The van der Waals surface area contributed by atoms with Crippen LogP contribution in [-0.4, -0.2) is 11.7 Å². The van der Waals surface area contributed by atoms with E-state index in [1.54, 1.807) is 0 Å². The molecule has 0 fully saturated rings. The van der Waals surface area contributed by atoms with Crippen molar-refractivity contribution in [2.75, 3.05) is 6.54 Å². The third kappa shape index (κ3) is 4.41. The van der Waals surface area contributed by atoms with Gasteiger partial charge in [-0.2, -0.15) is 0 Å². The van der Waals surface area contributed by atoms with Gasteiger partial charge in [0.25, 0.3) is 0 Å². The van der Waals surface area contributed by atoms with E-state index in [4.69, 9.17) is 12.2 Å². The summed E-state index contributed by atoms with van der Waals surface area (Å²) in [6.07, 6.45) is 0. The van der Waals surface area contributed by atoms with E-state index in [0.717, 1.165) is 17.7 Å². The smallest absolute Gasteiger partial charge is 0.167 e. The number of rotatable bonds is 4. The molecular weight excluding hydrogens is 254 g/mol. The van der Waals surface area contributed by atoms with Crippen molar-refractivity contribution in [3.63, 3.8) is 0 Å². The van der Waals surface area contributed by atoms with Gasteiger partial charge in [0.2, 0.25) is 0 Å². The first kappa shape index (κ1) is 14.6. The topological polar surface area (TPSA) is 24.1 Å². The first-order valence-electron chi connectivity index (χ1n) is 5.54. The van der Waals surface area contributed by atoms with E-state index in [9.17, 15) is 8.78 Å². The number of hydrogen-bond acceptors (Lipinski definition) is 1. The van der Waals surface area contributed by atoms with Crippen molar-refractivity contribution in [2.24, 2.45) is 0 Å². The van der Waals surface area contributed by atoms with Gasteiger partial charge in [-0.1, -0.05) is 18.2 Å². The Bertz CT molecular complexity index is 460. The molecule has 2 N–H and O–H groups in total.